The van der Waals surface area contributed by atoms with Crippen molar-refractivity contribution in [1.82, 2.24) is 4.57 Å². The van der Waals surface area contributed by atoms with Gasteiger partial charge in [0.1, 0.15) is 18.1 Å². The second-order valence-corrected chi connectivity index (χ2v) is 11.2. The molecule has 0 amide bonds. The smallest absolute Gasteiger partial charge is 0.338 e. The SMILES string of the molecule is COC(=O)C1=C(C)N=c2s/c(=C\c3ccc(OC)c(COc4ccccc4C)c3)c(=O)n2C1c1ccc(N(C)C)cc1. The summed E-state index contributed by atoms with van der Waals surface area (Å²) in [6, 6.07) is 20.7. The lowest BCUT2D eigenvalue weighted by Gasteiger charge is -2.25. The predicted molar refractivity (Wildman–Crippen MR) is 165 cm³/mol. The van der Waals surface area contributed by atoms with Crippen LogP contribution in [0.5, 0.6) is 11.5 Å². The van der Waals surface area contributed by atoms with Crippen LogP contribution in [0.4, 0.5) is 5.69 Å². The molecule has 0 saturated heterocycles. The number of esters is 1. The molecular weight excluding hydrogens is 550 g/mol. The molecule has 0 saturated carbocycles. The fourth-order valence-electron chi connectivity index (χ4n) is 4.99. The van der Waals surface area contributed by atoms with Crippen LogP contribution in [-0.2, 0) is 16.1 Å². The molecule has 1 aliphatic heterocycles. The zero-order chi connectivity index (χ0) is 30.0. The normalized spacial score (nSPS) is 14.7. The molecule has 8 nitrogen and oxygen atoms in total. The highest BCUT2D eigenvalue weighted by Gasteiger charge is 2.33. The summed E-state index contributed by atoms with van der Waals surface area (Å²) >= 11 is 1.29. The van der Waals surface area contributed by atoms with Gasteiger partial charge in [0.2, 0.25) is 0 Å². The summed E-state index contributed by atoms with van der Waals surface area (Å²) in [7, 11) is 6.88. The molecule has 0 radical (unpaired) electrons. The maximum atomic E-state index is 13.9. The first-order chi connectivity index (χ1) is 20.2. The number of carbonyl (C=O) groups is 1. The summed E-state index contributed by atoms with van der Waals surface area (Å²) in [5.74, 6) is 0.982. The van der Waals surface area contributed by atoms with Crippen molar-refractivity contribution in [1.29, 1.82) is 0 Å². The topological polar surface area (TPSA) is 82.4 Å². The van der Waals surface area contributed by atoms with E-state index in [1.165, 1.54) is 18.4 Å². The van der Waals surface area contributed by atoms with Crippen LogP contribution in [0.2, 0.25) is 0 Å². The first kappa shape index (κ1) is 28.9. The summed E-state index contributed by atoms with van der Waals surface area (Å²) in [5, 5.41) is 0. The van der Waals surface area contributed by atoms with E-state index in [1.54, 1.807) is 18.6 Å². The largest absolute Gasteiger partial charge is 0.496 e. The van der Waals surface area contributed by atoms with Gasteiger partial charge in [-0.2, -0.15) is 0 Å². The Labute approximate surface area is 248 Å². The fraction of sp³-hybridized carbons (Fsp3) is 0.242. The van der Waals surface area contributed by atoms with E-state index in [4.69, 9.17) is 14.2 Å². The molecule has 0 spiro atoms. The molecule has 0 N–H and O–H groups in total. The van der Waals surface area contributed by atoms with Gasteiger partial charge in [0, 0.05) is 25.3 Å². The molecule has 2 heterocycles. The van der Waals surface area contributed by atoms with Gasteiger partial charge in [-0.15, -0.1) is 0 Å². The quantitative estimate of drug-likeness (QED) is 0.287. The summed E-state index contributed by atoms with van der Waals surface area (Å²) < 4.78 is 18.9. The molecule has 3 aromatic carbocycles. The van der Waals surface area contributed by atoms with E-state index < -0.39 is 12.0 Å². The number of ether oxygens (including phenoxy) is 3. The third kappa shape index (κ3) is 5.60. The second-order valence-electron chi connectivity index (χ2n) is 10.2. The Hall–Kier alpha value is -4.63. The lowest BCUT2D eigenvalue weighted by Crippen LogP contribution is -2.39. The van der Waals surface area contributed by atoms with Gasteiger partial charge in [0.15, 0.2) is 4.80 Å². The van der Waals surface area contributed by atoms with Gasteiger partial charge in [0.25, 0.3) is 5.56 Å². The monoisotopic (exact) mass is 583 g/mol. The van der Waals surface area contributed by atoms with Crippen LogP contribution in [0.15, 0.2) is 87.8 Å². The fourth-order valence-corrected chi connectivity index (χ4v) is 6.04. The van der Waals surface area contributed by atoms with E-state index in [1.807, 2.05) is 98.7 Å². The van der Waals surface area contributed by atoms with Gasteiger partial charge < -0.3 is 19.1 Å². The average Bonchev–Trinajstić information content (AvgIpc) is 3.29. The number of aryl methyl sites for hydroxylation is 1. The lowest BCUT2D eigenvalue weighted by molar-refractivity contribution is -0.136. The van der Waals surface area contributed by atoms with Crippen molar-refractivity contribution >= 4 is 29.1 Å². The average molecular weight is 584 g/mol. The van der Waals surface area contributed by atoms with Gasteiger partial charge >= 0.3 is 5.97 Å². The van der Waals surface area contributed by atoms with Crippen molar-refractivity contribution in [3.63, 3.8) is 0 Å². The van der Waals surface area contributed by atoms with Crippen molar-refractivity contribution in [2.24, 2.45) is 4.99 Å². The maximum Gasteiger partial charge on any atom is 0.338 e. The standard InChI is InChI=1S/C33H33N3O5S/c1-20-9-7-8-10-26(20)41-19-24-17-22(11-16-27(24)39-5)18-28-31(37)36-30(23-12-14-25(15-13-23)35(3)4)29(32(38)40-6)21(2)34-33(36)42-28/h7-18,30H,19H2,1-6H3/b28-18-. The number of fused-ring (bicyclic) bond motifs is 1. The molecule has 0 bridgehead atoms. The Morgan fingerprint density at radius 2 is 1.76 bits per heavy atom. The molecule has 4 aromatic rings. The summed E-state index contributed by atoms with van der Waals surface area (Å²) in [6.07, 6.45) is 1.84. The molecule has 9 heteroatoms. The third-order valence-electron chi connectivity index (χ3n) is 7.23. The third-order valence-corrected chi connectivity index (χ3v) is 8.21. The predicted octanol–water partition coefficient (Wildman–Crippen LogP) is 4.37. The van der Waals surface area contributed by atoms with Gasteiger partial charge in [0.05, 0.1) is 36.1 Å². The van der Waals surface area contributed by atoms with Crippen molar-refractivity contribution in [2.75, 3.05) is 33.2 Å². The molecule has 1 unspecified atom stereocenters. The number of thiazole rings is 1. The first-order valence-corrected chi connectivity index (χ1v) is 14.3. The molecule has 5 rings (SSSR count). The van der Waals surface area contributed by atoms with Gasteiger partial charge in [-0.25, -0.2) is 9.79 Å². The summed E-state index contributed by atoms with van der Waals surface area (Å²) in [6.45, 7) is 4.08. The van der Waals surface area contributed by atoms with Crippen molar-refractivity contribution in [3.05, 3.63) is 120 Å². The molecule has 1 aliphatic rings. The van der Waals surface area contributed by atoms with Crippen LogP contribution in [0, 0.1) is 6.92 Å². The lowest BCUT2D eigenvalue weighted by atomic mass is 9.95. The Morgan fingerprint density at radius 1 is 1.02 bits per heavy atom. The van der Waals surface area contributed by atoms with E-state index in [9.17, 15) is 9.59 Å². The van der Waals surface area contributed by atoms with Crippen LogP contribution < -0.4 is 29.3 Å². The molecule has 1 aromatic heterocycles. The van der Waals surface area contributed by atoms with Crippen molar-refractivity contribution in [3.8, 4) is 11.5 Å². The minimum absolute atomic E-state index is 0.233. The maximum absolute atomic E-state index is 13.9. The Morgan fingerprint density at radius 3 is 2.43 bits per heavy atom. The van der Waals surface area contributed by atoms with E-state index in [0.29, 0.717) is 33.0 Å². The molecule has 42 heavy (non-hydrogen) atoms. The number of hydrogen-bond donors (Lipinski definition) is 0. The zero-order valence-corrected chi connectivity index (χ0v) is 25.3. The van der Waals surface area contributed by atoms with E-state index >= 15 is 0 Å². The minimum atomic E-state index is -0.666. The van der Waals surface area contributed by atoms with Gasteiger partial charge in [-0.3, -0.25) is 9.36 Å². The number of rotatable bonds is 8. The van der Waals surface area contributed by atoms with E-state index in [0.717, 1.165) is 33.7 Å². The number of methoxy groups -OCH3 is 2. The van der Waals surface area contributed by atoms with Gasteiger partial charge in [-0.1, -0.05) is 47.7 Å². The molecule has 1 atom stereocenters. The number of anilines is 1. The Kier molecular flexibility index (Phi) is 8.31. The van der Waals surface area contributed by atoms with E-state index in [2.05, 4.69) is 4.99 Å². The number of hydrogen-bond acceptors (Lipinski definition) is 8. The number of para-hydroxylation sites is 1. The Bertz CT molecular complexity index is 1850. The van der Waals surface area contributed by atoms with Crippen LogP contribution in [0.1, 0.15) is 35.2 Å². The van der Waals surface area contributed by atoms with Crippen molar-refractivity contribution < 1.29 is 19.0 Å². The second kappa shape index (κ2) is 12.1. The zero-order valence-electron chi connectivity index (χ0n) is 24.5. The number of aromatic nitrogens is 1. The number of benzene rings is 3. The molecule has 0 aliphatic carbocycles. The highest BCUT2D eigenvalue weighted by molar-refractivity contribution is 7.07. The van der Waals surface area contributed by atoms with Crippen LogP contribution in [-0.4, -0.2) is 38.9 Å². The van der Waals surface area contributed by atoms with Crippen LogP contribution >= 0.6 is 11.3 Å². The number of carbonyl (C=O) groups excluding carboxylic acids is 1. The Balaban J connectivity index is 1.58. The first-order valence-electron chi connectivity index (χ1n) is 13.4. The summed E-state index contributed by atoms with van der Waals surface area (Å²) in [5.41, 5.74) is 5.15. The van der Waals surface area contributed by atoms with Crippen LogP contribution in [0.3, 0.4) is 0 Å². The number of nitrogens with zero attached hydrogens (tertiary/aromatic N) is 3. The minimum Gasteiger partial charge on any atom is -0.496 e. The molecular formula is C33H33N3O5S. The van der Waals surface area contributed by atoms with Crippen molar-refractivity contribution in [2.45, 2.75) is 26.5 Å². The highest BCUT2D eigenvalue weighted by Crippen LogP contribution is 2.31. The van der Waals surface area contributed by atoms with Gasteiger partial charge in [-0.05, 0) is 66.9 Å². The van der Waals surface area contributed by atoms with Crippen LogP contribution in [0.25, 0.3) is 6.08 Å². The highest BCUT2D eigenvalue weighted by atomic mass is 32.1. The number of allylic oxidation sites excluding steroid dienone is 1. The molecule has 216 valence electrons. The van der Waals surface area contributed by atoms with E-state index in [-0.39, 0.29) is 5.56 Å². The summed E-state index contributed by atoms with van der Waals surface area (Å²) in [4.78, 5) is 34.1. The molecule has 0 fully saturated rings.